The number of ether oxygens (including phenoxy) is 3. The first kappa shape index (κ1) is 15.7. The van der Waals surface area contributed by atoms with E-state index in [1.165, 1.54) is 4.90 Å². The van der Waals surface area contributed by atoms with Gasteiger partial charge in [0.2, 0.25) is 0 Å². The molecule has 2 fully saturated rings. The lowest BCUT2D eigenvalue weighted by Gasteiger charge is -2.37. The SMILES string of the molecule is O=C1c2ccccc2C(=O)N1CC1(CN2CCOCC2)OCCO1. The predicted octanol–water partition coefficient (Wildman–Crippen LogP) is 0.358. The van der Waals surface area contributed by atoms with Crippen molar-refractivity contribution in [3.05, 3.63) is 35.4 Å². The average molecular weight is 332 g/mol. The van der Waals surface area contributed by atoms with Crippen molar-refractivity contribution in [1.82, 2.24) is 9.80 Å². The maximum absolute atomic E-state index is 12.6. The zero-order valence-corrected chi connectivity index (χ0v) is 13.4. The monoisotopic (exact) mass is 332 g/mol. The molecule has 7 nitrogen and oxygen atoms in total. The van der Waals surface area contributed by atoms with Crippen LogP contribution in [0.15, 0.2) is 24.3 Å². The Balaban J connectivity index is 1.53. The second kappa shape index (κ2) is 6.25. The summed E-state index contributed by atoms with van der Waals surface area (Å²) in [5.41, 5.74) is 0.893. The molecule has 0 aromatic heterocycles. The van der Waals surface area contributed by atoms with Gasteiger partial charge in [0.05, 0.1) is 50.6 Å². The molecular formula is C17H20N2O5. The average Bonchev–Trinajstić information content (AvgIpc) is 3.16. The molecule has 7 heteroatoms. The van der Waals surface area contributed by atoms with E-state index in [1.54, 1.807) is 24.3 Å². The van der Waals surface area contributed by atoms with Gasteiger partial charge in [-0.05, 0) is 12.1 Å². The molecule has 0 bridgehead atoms. The van der Waals surface area contributed by atoms with Crippen LogP contribution in [-0.4, -0.2) is 80.0 Å². The number of rotatable bonds is 4. The summed E-state index contributed by atoms with van der Waals surface area (Å²) in [4.78, 5) is 28.6. The highest BCUT2D eigenvalue weighted by molar-refractivity contribution is 6.21. The van der Waals surface area contributed by atoms with Gasteiger partial charge in [-0.1, -0.05) is 12.1 Å². The van der Waals surface area contributed by atoms with Crippen LogP contribution in [0.5, 0.6) is 0 Å². The van der Waals surface area contributed by atoms with E-state index < -0.39 is 5.79 Å². The number of imide groups is 1. The van der Waals surface area contributed by atoms with Crippen LogP contribution >= 0.6 is 0 Å². The molecule has 1 aromatic carbocycles. The van der Waals surface area contributed by atoms with Crippen molar-refractivity contribution in [2.45, 2.75) is 5.79 Å². The molecule has 3 aliphatic heterocycles. The van der Waals surface area contributed by atoms with E-state index in [0.717, 1.165) is 13.1 Å². The van der Waals surface area contributed by atoms with Gasteiger partial charge >= 0.3 is 0 Å². The number of hydrogen-bond acceptors (Lipinski definition) is 6. The normalized spacial score (nSPS) is 23.8. The van der Waals surface area contributed by atoms with Crippen LogP contribution < -0.4 is 0 Å². The lowest BCUT2D eigenvalue weighted by Crippen LogP contribution is -2.54. The van der Waals surface area contributed by atoms with Crippen molar-refractivity contribution >= 4 is 11.8 Å². The first-order chi connectivity index (χ1) is 11.7. The van der Waals surface area contributed by atoms with E-state index in [1.807, 2.05) is 0 Å². The molecule has 3 heterocycles. The Kier molecular flexibility index (Phi) is 4.09. The molecule has 0 atom stereocenters. The minimum absolute atomic E-state index is 0.108. The molecular weight excluding hydrogens is 312 g/mol. The van der Waals surface area contributed by atoms with Crippen molar-refractivity contribution in [2.75, 3.05) is 52.6 Å². The number of carbonyl (C=O) groups is 2. The number of morpholine rings is 1. The third-order valence-electron chi connectivity index (χ3n) is 4.66. The van der Waals surface area contributed by atoms with Crippen LogP contribution in [0.2, 0.25) is 0 Å². The van der Waals surface area contributed by atoms with E-state index in [4.69, 9.17) is 14.2 Å². The summed E-state index contributed by atoms with van der Waals surface area (Å²) in [5, 5.41) is 0. The molecule has 0 spiro atoms. The lowest BCUT2D eigenvalue weighted by atomic mass is 10.1. The fourth-order valence-corrected chi connectivity index (χ4v) is 3.45. The van der Waals surface area contributed by atoms with E-state index >= 15 is 0 Å². The van der Waals surface area contributed by atoms with E-state index in [9.17, 15) is 9.59 Å². The molecule has 0 saturated carbocycles. The highest BCUT2D eigenvalue weighted by atomic mass is 16.7. The molecule has 0 N–H and O–H groups in total. The highest BCUT2D eigenvalue weighted by Gasteiger charge is 2.46. The van der Waals surface area contributed by atoms with E-state index in [-0.39, 0.29) is 18.4 Å². The molecule has 0 aliphatic carbocycles. The number of carbonyl (C=O) groups excluding carboxylic acids is 2. The van der Waals surface area contributed by atoms with Crippen molar-refractivity contribution in [1.29, 1.82) is 0 Å². The maximum atomic E-state index is 12.6. The van der Waals surface area contributed by atoms with Gasteiger partial charge in [0.15, 0.2) is 5.79 Å². The van der Waals surface area contributed by atoms with Crippen molar-refractivity contribution in [3.8, 4) is 0 Å². The summed E-state index contributed by atoms with van der Waals surface area (Å²) in [6.07, 6.45) is 0. The maximum Gasteiger partial charge on any atom is 0.261 e. The first-order valence-electron chi connectivity index (χ1n) is 8.22. The smallest absolute Gasteiger partial charge is 0.261 e. The van der Waals surface area contributed by atoms with Crippen LogP contribution in [0.1, 0.15) is 20.7 Å². The van der Waals surface area contributed by atoms with E-state index in [0.29, 0.717) is 44.1 Å². The largest absolute Gasteiger partial charge is 0.379 e. The van der Waals surface area contributed by atoms with Crippen molar-refractivity contribution in [3.63, 3.8) is 0 Å². The standard InChI is InChI=1S/C17H20N2O5/c20-15-13-3-1-2-4-14(13)16(21)19(15)12-17(23-9-10-24-17)11-18-5-7-22-8-6-18/h1-4H,5-12H2. The zero-order valence-electron chi connectivity index (χ0n) is 13.4. The van der Waals surface area contributed by atoms with Crippen LogP contribution in [0.4, 0.5) is 0 Å². The molecule has 2 amide bonds. The van der Waals surface area contributed by atoms with Gasteiger partial charge in [-0.15, -0.1) is 0 Å². The van der Waals surface area contributed by atoms with Gasteiger partial charge in [-0.2, -0.15) is 0 Å². The van der Waals surface area contributed by atoms with Gasteiger partial charge in [-0.25, -0.2) is 0 Å². The van der Waals surface area contributed by atoms with E-state index in [2.05, 4.69) is 4.90 Å². The van der Waals surface area contributed by atoms with Gasteiger partial charge in [0, 0.05) is 13.1 Å². The minimum atomic E-state index is -0.954. The second-order valence-electron chi connectivity index (χ2n) is 6.24. The summed E-state index contributed by atoms with van der Waals surface area (Å²) in [6, 6.07) is 6.89. The predicted molar refractivity (Wildman–Crippen MR) is 83.7 cm³/mol. The lowest BCUT2D eigenvalue weighted by molar-refractivity contribution is -0.180. The van der Waals surface area contributed by atoms with Gasteiger partial charge in [0.1, 0.15) is 0 Å². The molecule has 2 saturated heterocycles. The van der Waals surface area contributed by atoms with Gasteiger partial charge in [-0.3, -0.25) is 19.4 Å². The molecule has 128 valence electrons. The molecule has 0 unspecified atom stereocenters. The molecule has 24 heavy (non-hydrogen) atoms. The first-order valence-corrected chi connectivity index (χ1v) is 8.22. The Hall–Kier alpha value is -1.80. The Morgan fingerprint density at radius 1 is 0.875 bits per heavy atom. The third-order valence-corrected chi connectivity index (χ3v) is 4.66. The van der Waals surface area contributed by atoms with Gasteiger partial charge in [0.25, 0.3) is 11.8 Å². The molecule has 4 rings (SSSR count). The molecule has 3 aliphatic rings. The number of benzene rings is 1. The topological polar surface area (TPSA) is 68.3 Å². The third kappa shape index (κ3) is 2.73. The summed E-state index contributed by atoms with van der Waals surface area (Å²) in [5.74, 6) is -1.52. The Bertz CT molecular complexity index is 615. The minimum Gasteiger partial charge on any atom is -0.379 e. The number of fused-ring (bicyclic) bond motifs is 1. The Morgan fingerprint density at radius 2 is 1.46 bits per heavy atom. The Morgan fingerprint density at radius 3 is 2.04 bits per heavy atom. The van der Waals surface area contributed by atoms with Crippen LogP contribution in [0.25, 0.3) is 0 Å². The summed E-state index contributed by atoms with van der Waals surface area (Å²) in [6.45, 7) is 4.47. The van der Waals surface area contributed by atoms with Crippen molar-refractivity contribution < 1.29 is 23.8 Å². The Labute approximate surface area is 140 Å². The zero-order chi connectivity index (χ0) is 16.6. The quantitative estimate of drug-likeness (QED) is 0.742. The summed E-state index contributed by atoms with van der Waals surface area (Å²) in [7, 11) is 0. The second-order valence-corrected chi connectivity index (χ2v) is 6.24. The van der Waals surface area contributed by atoms with Crippen molar-refractivity contribution in [2.24, 2.45) is 0 Å². The van der Waals surface area contributed by atoms with Crippen LogP contribution in [0.3, 0.4) is 0 Å². The van der Waals surface area contributed by atoms with Gasteiger partial charge < -0.3 is 14.2 Å². The molecule has 1 aromatic rings. The number of nitrogens with zero attached hydrogens (tertiary/aromatic N) is 2. The summed E-state index contributed by atoms with van der Waals surface area (Å²) < 4.78 is 17.1. The highest BCUT2D eigenvalue weighted by Crippen LogP contribution is 2.28. The summed E-state index contributed by atoms with van der Waals surface area (Å²) >= 11 is 0. The number of hydrogen-bond donors (Lipinski definition) is 0. The fraction of sp³-hybridized carbons (Fsp3) is 0.529. The molecule has 0 radical (unpaired) electrons. The fourth-order valence-electron chi connectivity index (χ4n) is 3.45. The van der Waals surface area contributed by atoms with Crippen LogP contribution in [0, 0.1) is 0 Å². The van der Waals surface area contributed by atoms with Crippen LogP contribution in [-0.2, 0) is 14.2 Å². The number of amides is 2.